The molecular formula is C17H15NO2. The molecule has 1 atom stereocenters. The van der Waals surface area contributed by atoms with Gasteiger partial charge in [-0.1, -0.05) is 42.3 Å². The van der Waals surface area contributed by atoms with Gasteiger partial charge < -0.3 is 5.11 Å². The predicted octanol–water partition coefficient (Wildman–Crippen LogP) is 2.74. The number of aliphatic hydroxyl groups is 1. The van der Waals surface area contributed by atoms with E-state index in [4.69, 9.17) is 0 Å². The molecule has 0 radical (unpaired) electrons. The number of aliphatic hydroxyl groups excluding tert-OH is 1. The van der Waals surface area contributed by atoms with E-state index >= 15 is 0 Å². The van der Waals surface area contributed by atoms with Crippen molar-refractivity contribution < 1.29 is 9.90 Å². The minimum Gasteiger partial charge on any atom is -0.381 e. The van der Waals surface area contributed by atoms with Crippen molar-refractivity contribution in [3.05, 3.63) is 60.7 Å². The lowest BCUT2D eigenvalue weighted by atomic mass is 10.2. The van der Waals surface area contributed by atoms with Crippen LogP contribution >= 0.6 is 0 Å². The van der Waals surface area contributed by atoms with E-state index in [1.54, 1.807) is 0 Å². The van der Waals surface area contributed by atoms with Crippen molar-refractivity contribution in [3.8, 4) is 11.8 Å². The lowest BCUT2D eigenvalue weighted by molar-refractivity contribution is -0.112. The van der Waals surface area contributed by atoms with Crippen molar-refractivity contribution in [3.63, 3.8) is 0 Å². The molecule has 20 heavy (non-hydrogen) atoms. The van der Waals surface area contributed by atoms with Crippen molar-refractivity contribution >= 4 is 17.3 Å². The number of carbonyl (C=O) groups is 1. The Morgan fingerprint density at radius 2 is 1.45 bits per heavy atom. The van der Waals surface area contributed by atoms with E-state index in [1.807, 2.05) is 60.7 Å². The van der Waals surface area contributed by atoms with Crippen LogP contribution in [0.15, 0.2) is 60.7 Å². The Hall–Kier alpha value is -2.57. The molecular weight excluding hydrogens is 250 g/mol. The molecule has 0 aliphatic rings. The molecule has 0 unspecified atom stereocenters. The molecule has 2 aromatic carbocycles. The molecule has 0 aliphatic carbocycles. The molecule has 0 bridgehead atoms. The van der Waals surface area contributed by atoms with Crippen LogP contribution in [0.2, 0.25) is 0 Å². The number of rotatable bonds is 2. The SMILES string of the molecule is C[C@H](O)C#CC(=O)N(c1ccccc1)c1ccccc1. The van der Waals surface area contributed by atoms with Crippen molar-refractivity contribution in [2.45, 2.75) is 13.0 Å². The lowest BCUT2D eigenvalue weighted by Crippen LogP contribution is -2.24. The molecule has 0 saturated heterocycles. The van der Waals surface area contributed by atoms with Gasteiger partial charge in [-0.3, -0.25) is 9.69 Å². The number of nitrogens with zero attached hydrogens (tertiary/aromatic N) is 1. The van der Waals surface area contributed by atoms with E-state index in [0.29, 0.717) is 0 Å². The van der Waals surface area contributed by atoms with Crippen LogP contribution in [-0.4, -0.2) is 17.1 Å². The van der Waals surface area contributed by atoms with Crippen LogP contribution in [0.4, 0.5) is 11.4 Å². The first-order valence-corrected chi connectivity index (χ1v) is 6.32. The molecule has 0 aliphatic heterocycles. The summed E-state index contributed by atoms with van der Waals surface area (Å²) in [4.78, 5) is 13.8. The third-order valence-corrected chi connectivity index (χ3v) is 2.62. The summed E-state index contributed by atoms with van der Waals surface area (Å²) in [7, 11) is 0. The summed E-state index contributed by atoms with van der Waals surface area (Å²) in [5, 5.41) is 9.18. The minimum atomic E-state index is -0.827. The fourth-order valence-corrected chi connectivity index (χ4v) is 1.76. The zero-order valence-electron chi connectivity index (χ0n) is 11.2. The molecule has 1 N–H and O–H groups in total. The zero-order valence-corrected chi connectivity index (χ0v) is 11.2. The molecule has 0 fully saturated rings. The topological polar surface area (TPSA) is 40.5 Å². The van der Waals surface area contributed by atoms with Gasteiger partial charge in [0, 0.05) is 11.4 Å². The predicted molar refractivity (Wildman–Crippen MR) is 79.5 cm³/mol. The Morgan fingerprint density at radius 3 is 1.85 bits per heavy atom. The standard InChI is InChI=1S/C17H15NO2/c1-14(19)12-13-17(20)18(15-8-4-2-5-9-15)16-10-6-3-7-11-16/h2-11,14,19H,1H3/t14-/m0/s1. The van der Waals surface area contributed by atoms with Crippen LogP contribution in [0.1, 0.15) is 6.92 Å². The van der Waals surface area contributed by atoms with E-state index in [-0.39, 0.29) is 5.91 Å². The van der Waals surface area contributed by atoms with Crippen molar-refractivity contribution in [2.75, 3.05) is 4.90 Å². The van der Waals surface area contributed by atoms with Gasteiger partial charge in [0.2, 0.25) is 0 Å². The van der Waals surface area contributed by atoms with E-state index in [0.717, 1.165) is 11.4 Å². The van der Waals surface area contributed by atoms with Crippen LogP contribution in [0, 0.1) is 11.8 Å². The number of anilines is 2. The number of hydrogen-bond acceptors (Lipinski definition) is 2. The highest BCUT2D eigenvalue weighted by Gasteiger charge is 2.15. The monoisotopic (exact) mass is 265 g/mol. The molecule has 2 rings (SSSR count). The number of amides is 1. The number of hydrogen-bond donors (Lipinski definition) is 1. The van der Waals surface area contributed by atoms with Gasteiger partial charge in [-0.15, -0.1) is 0 Å². The van der Waals surface area contributed by atoms with E-state index in [1.165, 1.54) is 11.8 Å². The Bertz CT molecular complexity index is 585. The van der Waals surface area contributed by atoms with E-state index in [9.17, 15) is 9.90 Å². The average Bonchev–Trinajstić information content (AvgIpc) is 2.48. The summed E-state index contributed by atoms with van der Waals surface area (Å²) in [5.74, 6) is 4.57. The highest BCUT2D eigenvalue weighted by molar-refractivity contribution is 6.10. The molecule has 0 saturated carbocycles. The van der Waals surface area contributed by atoms with Gasteiger partial charge in [0.25, 0.3) is 0 Å². The Morgan fingerprint density at radius 1 is 1.00 bits per heavy atom. The highest BCUT2D eigenvalue weighted by atomic mass is 16.3. The van der Waals surface area contributed by atoms with Gasteiger partial charge in [0.05, 0.1) is 0 Å². The highest BCUT2D eigenvalue weighted by Crippen LogP contribution is 2.24. The molecule has 0 aromatic heterocycles. The fourth-order valence-electron chi connectivity index (χ4n) is 1.76. The van der Waals surface area contributed by atoms with Gasteiger partial charge >= 0.3 is 5.91 Å². The van der Waals surface area contributed by atoms with E-state index < -0.39 is 6.10 Å². The second-order valence-corrected chi connectivity index (χ2v) is 4.26. The van der Waals surface area contributed by atoms with Gasteiger partial charge in [0.15, 0.2) is 0 Å². The Balaban J connectivity index is 2.41. The number of para-hydroxylation sites is 2. The molecule has 100 valence electrons. The fraction of sp³-hybridized carbons (Fsp3) is 0.118. The summed E-state index contributed by atoms with van der Waals surface area (Å²) in [6.45, 7) is 1.52. The molecule has 0 heterocycles. The zero-order chi connectivity index (χ0) is 14.4. The largest absolute Gasteiger partial charge is 0.381 e. The third kappa shape index (κ3) is 3.47. The van der Waals surface area contributed by atoms with Crippen LogP contribution in [0.25, 0.3) is 0 Å². The third-order valence-electron chi connectivity index (χ3n) is 2.62. The normalized spacial score (nSPS) is 11.1. The molecule has 0 spiro atoms. The first-order chi connectivity index (χ1) is 9.68. The summed E-state index contributed by atoms with van der Waals surface area (Å²) >= 11 is 0. The molecule has 2 aromatic rings. The number of benzene rings is 2. The van der Waals surface area contributed by atoms with Gasteiger partial charge in [0.1, 0.15) is 6.10 Å². The van der Waals surface area contributed by atoms with Crippen molar-refractivity contribution in [1.29, 1.82) is 0 Å². The molecule has 3 nitrogen and oxygen atoms in total. The van der Waals surface area contributed by atoms with Crippen molar-refractivity contribution in [2.24, 2.45) is 0 Å². The average molecular weight is 265 g/mol. The maximum atomic E-state index is 12.3. The quantitative estimate of drug-likeness (QED) is 0.848. The summed E-state index contributed by atoms with van der Waals surface area (Å²) in [5.41, 5.74) is 1.48. The maximum absolute atomic E-state index is 12.3. The summed E-state index contributed by atoms with van der Waals surface area (Å²) < 4.78 is 0. The first kappa shape index (κ1) is 13.9. The summed E-state index contributed by atoms with van der Waals surface area (Å²) in [6.07, 6.45) is -0.827. The van der Waals surface area contributed by atoms with Gasteiger partial charge in [-0.25, -0.2) is 0 Å². The Kier molecular flexibility index (Phi) is 4.54. The molecule has 3 heteroatoms. The second kappa shape index (κ2) is 6.55. The maximum Gasteiger partial charge on any atom is 0.307 e. The van der Waals surface area contributed by atoms with Crippen LogP contribution in [-0.2, 0) is 4.79 Å². The molecule has 1 amide bonds. The van der Waals surface area contributed by atoms with Gasteiger partial charge in [-0.2, -0.15) is 0 Å². The smallest absolute Gasteiger partial charge is 0.307 e. The van der Waals surface area contributed by atoms with Crippen LogP contribution in [0.5, 0.6) is 0 Å². The number of carbonyl (C=O) groups excluding carboxylic acids is 1. The van der Waals surface area contributed by atoms with Crippen LogP contribution < -0.4 is 4.90 Å². The van der Waals surface area contributed by atoms with Gasteiger partial charge in [-0.05, 0) is 37.1 Å². The summed E-state index contributed by atoms with van der Waals surface area (Å²) in [6, 6.07) is 18.6. The minimum absolute atomic E-state index is 0.372. The van der Waals surface area contributed by atoms with Crippen molar-refractivity contribution in [1.82, 2.24) is 0 Å². The first-order valence-electron chi connectivity index (χ1n) is 6.32. The Labute approximate surface area is 118 Å². The van der Waals surface area contributed by atoms with Crippen LogP contribution in [0.3, 0.4) is 0 Å². The van der Waals surface area contributed by atoms with E-state index in [2.05, 4.69) is 11.8 Å². The lowest BCUT2D eigenvalue weighted by Gasteiger charge is -2.20. The second-order valence-electron chi connectivity index (χ2n) is 4.26.